The normalized spacial score (nSPS) is 12.2. The number of ether oxygens (including phenoxy) is 1. The molecule has 0 spiro atoms. The molecule has 0 fully saturated rings. The van der Waals surface area contributed by atoms with E-state index in [1.54, 1.807) is 31.6 Å². The molecule has 3 heterocycles. The summed E-state index contributed by atoms with van der Waals surface area (Å²) in [6.07, 6.45) is 6.83. The lowest BCUT2D eigenvalue weighted by molar-refractivity contribution is 0.101. The summed E-state index contributed by atoms with van der Waals surface area (Å²) in [5.41, 5.74) is 0.776. The zero-order valence-corrected chi connectivity index (χ0v) is 14.1. The molecular weight excluding hydrogens is 324 g/mol. The van der Waals surface area contributed by atoms with Crippen LogP contribution in [0.3, 0.4) is 0 Å². The van der Waals surface area contributed by atoms with Crippen LogP contribution in [0, 0.1) is 0 Å². The molecule has 8 heteroatoms. The summed E-state index contributed by atoms with van der Waals surface area (Å²) < 4.78 is 17.2. The molecule has 132 valence electrons. The fraction of sp³-hybridized carbons (Fsp3) is 0.353. The molecule has 3 aromatic heterocycles. The van der Waals surface area contributed by atoms with Gasteiger partial charge in [-0.25, -0.2) is 0 Å². The van der Waals surface area contributed by atoms with Crippen molar-refractivity contribution in [3.8, 4) is 11.5 Å². The second-order valence-corrected chi connectivity index (χ2v) is 5.70. The van der Waals surface area contributed by atoms with E-state index in [1.807, 2.05) is 4.68 Å². The smallest absolute Gasteiger partial charge is 0.277 e. The Kier molecular flexibility index (Phi) is 5.30. The number of nitrogens with zero attached hydrogens (tertiary/aromatic N) is 3. The van der Waals surface area contributed by atoms with Gasteiger partial charge in [-0.15, -0.1) is 0 Å². The van der Waals surface area contributed by atoms with Gasteiger partial charge in [-0.1, -0.05) is 5.16 Å². The first-order chi connectivity index (χ1) is 12.2. The van der Waals surface area contributed by atoms with Crippen LogP contribution < -0.4 is 5.32 Å². The Morgan fingerprint density at radius 3 is 3.08 bits per heavy atom. The molecule has 0 saturated heterocycles. The van der Waals surface area contributed by atoms with Crippen molar-refractivity contribution in [3.63, 3.8) is 0 Å². The molecule has 1 N–H and O–H groups in total. The molecule has 25 heavy (non-hydrogen) atoms. The van der Waals surface area contributed by atoms with Crippen molar-refractivity contribution in [3.05, 3.63) is 42.5 Å². The number of amides is 1. The van der Waals surface area contributed by atoms with Gasteiger partial charge in [0.05, 0.1) is 18.1 Å². The molecule has 1 unspecified atom stereocenters. The zero-order chi connectivity index (χ0) is 17.6. The highest BCUT2D eigenvalue weighted by Gasteiger charge is 2.16. The number of rotatable bonds is 8. The van der Waals surface area contributed by atoms with Crippen molar-refractivity contribution in [1.82, 2.24) is 14.9 Å². The van der Waals surface area contributed by atoms with Gasteiger partial charge < -0.3 is 19.0 Å². The van der Waals surface area contributed by atoms with Gasteiger partial charge in [-0.2, -0.15) is 5.10 Å². The number of aromatic nitrogens is 3. The molecule has 0 saturated carbocycles. The molecule has 0 aliphatic carbocycles. The first-order valence-electron chi connectivity index (χ1n) is 8.02. The van der Waals surface area contributed by atoms with E-state index in [2.05, 4.69) is 22.5 Å². The Labute approximate surface area is 144 Å². The molecule has 1 atom stereocenters. The largest absolute Gasteiger partial charge is 0.461 e. The number of methoxy groups -OCH3 is 1. The van der Waals surface area contributed by atoms with Crippen molar-refractivity contribution in [2.75, 3.05) is 19.0 Å². The van der Waals surface area contributed by atoms with Crippen LogP contribution in [0.5, 0.6) is 0 Å². The molecule has 0 aliphatic rings. The van der Waals surface area contributed by atoms with E-state index in [0.717, 1.165) is 19.4 Å². The van der Waals surface area contributed by atoms with Crippen molar-refractivity contribution in [1.29, 1.82) is 0 Å². The van der Waals surface area contributed by atoms with Gasteiger partial charge in [0, 0.05) is 32.0 Å². The molecule has 0 aromatic carbocycles. The summed E-state index contributed by atoms with van der Waals surface area (Å²) in [4.78, 5) is 12.3. The van der Waals surface area contributed by atoms with Crippen LogP contribution >= 0.6 is 0 Å². The monoisotopic (exact) mass is 344 g/mol. The second kappa shape index (κ2) is 7.80. The number of hydrogen-bond acceptors (Lipinski definition) is 6. The minimum atomic E-state index is -0.367. The molecule has 0 bridgehead atoms. The van der Waals surface area contributed by atoms with Gasteiger partial charge in [0.1, 0.15) is 0 Å². The van der Waals surface area contributed by atoms with Crippen LogP contribution in [0.4, 0.5) is 5.69 Å². The second-order valence-electron chi connectivity index (χ2n) is 5.70. The SMILES string of the molecule is COCCCC(C)n1cc(NC(=O)c2cc(-c3ccco3)on2)cn1. The Morgan fingerprint density at radius 2 is 2.32 bits per heavy atom. The fourth-order valence-electron chi connectivity index (χ4n) is 2.41. The average Bonchev–Trinajstić information content (AvgIpc) is 3.35. The lowest BCUT2D eigenvalue weighted by Crippen LogP contribution is -2.12. The van der Waals surface area contributed by atoms with Crippen LogP contribution in [0.2, 0.25) is 0 Å². The van der Waals surface area contributed by atoms with E-state index < -0.39 is 0 Å². The predicted octanol–water partition coefficient (Wildman–Crippen LogP) is 3.37. The van der Waals surface area contributed by atoms with Crippen LogP contribution in [-0.4, -0.2) is 34.6 Å². The van der Waals surface area contributed by atoms with Gasteiger partial charge in [0.25, 0.3) is 5.91 Å². The van der Waals surface area contributed by atoms with E-state index in [-0.39, 0.29) is 17.6 Å². The van der Waals surface area contributed by atoms with Crippen LogP contribution in [0.25, 0.3) is 11.5 Å². The maximum atomic E-state index is 12.3. The highest BCUT2D eigenvalue weighted by atomic mass is 16.5. The third kappa shape index (κ3) is 4.16. The number of nitrogens with one attached hydrogen (secondary N) is 1. The summed E-state index contributed by atoms with van der Waals surface area (Å²) in [5, 5.41) is 10.8. The minimum Gasteiger partial charge on any atom is -0.461 e. The summed E-state index contributed by atoms with van der Waals surface area (Å²) >= 11 is 0. The first-order valence-corrected chi connectivity index (χ1v) is 8.02. The van der Waals surface area contributed by atoms with E-state index in [1.165, 1.54) is 12.3 Å². The van der Waals surface area contributed by atoms with Crippen molar-refractivity contribution >= 4 is 11.6 Å². The van der Waals surface area contributed by atoms with E-state index in [0.29, 0.717) is 17.2 Å². The Morgan fingerprint density at radius 1 is 1.44 bits per heavy atom. The Balaban J connectivity index is 1.60. The number of anilines is 1. The Bertz CT molecular complexity index is 806. The third-order valence-electron chi connectivity index (χ3n) is 3.79. The molecule has 0 radical (unpaired) electrons. The standard InChI is InChI=1S/C17H20N4O4/c1-12(5-3-7-23-2)21-11-13(10-18-21)19-17(22)14-9-16(25-20-14)15-6-4-8-24-15/h4,6,8-12H,3,5,7H2,1-2H3,(H,19,22). The van der Waals surface area contributed by atoms with Gasteiger partial charge in [-0.3, -0.25) is 9.48 Å². The van der Waals surface area contributed by atoms with Crippen LogP contribution in [-0.2, 0) is 4.74 Å². The van der Waals surface area contributed by atoms with Gasteiger partial charge in [0.15, 0.2) is 11.5 Å². The molecule has 0 aliphatic heterocycles. The quantitative estimate of drug-likeness (QED) is 0.630. The summed E-state index contributed by atoms with van der Waals surface area (Å²) in [5.74, 6) is 0.551. The van der Waals surface area contributed by atoms with E-state index in [9.17, 15) is 4.79 Å². The highest BCUT2D eigenvalue weighted by molar-refractivity contribution is 6.03. The topological polar surface area (TPSA) is 95.3 Å². The maximum absolute atomic E-state index is 12.3. The van der Waals surface area contributed by atoms with Gasteiger partial charge >= 0.3 is 0 Å². The van der Waals surface area contributed by atoms with Crippen molar-refractivity contribution < 1.29 is 18.5 Å². The number of carbonyl (C=O) groups is 1. The van der Waals surface area contributed by atoms with Crippen LogP contribution in [0.15, 0.2) is 45.8 Å². The lowest BCUT2D eigenvalue weighted by atomic mass is 10.2. The number of carbonyl (C=O) groups excluding carboxylic acids is 1. The summed E-state index contributed by atoms with van der Waals surface area (Å²) in [7, 11) is 1.69. The molecular formula is C17H20N4O4. The molecule has 3 rings (SSSR count). The zero-order valence-electron chi connectivity index (χ0n) is 14.1. The van der Waals surface area contributed by atoms with Crippen molar-refractivity contribution in [2.45, 2.75) is 25.8 Å². The predicted molar refractivity (Wildman–Crippen MR) is 90.2 cm³/mol. The van der Waals surface area contributed by atoms with Gasteiger partial charge in [0.2, 0.25) is 5.76 Å². The first kappa shape index (κ1) is 17.0. The highest BCUT2D eigenvalue weighted by Crippen LogP contribution is 2.21. The van der Waals surface area contributed by atoms with E-state index >= 15 is 0 Å². The number of hydrogen-bond donors (Lipinski definition) is 1. The number of furan rings is 1. The molecule has 1 amide bonds. The average molecular weight is 344 g/mol. The molecule has 3 aromatic rings. The minimum absolute atomic E-state index is 0.173. The van der Waals surface area contributed by atoms with Crippen LogP contribution in [0.1, 0.15) is 36.3 Å². The fourth-order valence-corrected chi connectivity index (χ4v) is 2.41. The van der Waals surface area contributed by atoms with Crippen molar-refractivity contribution in [2.24, 2.45) is 0 Å². The van der Waals surface area contributed by atoms with E-state index in [4.69, 9.17) is 13.7 Å². The van der Waals surface area contributed by atoms with Gasteiger partial charge in [-0.05, 0) is 31.9 Å². The maximum Gasteiger partial charge on any atom is 0.277 e. The Hall–Kier alpha value is -2.87. The summed E-state index contributed by atoms with van der Waals surface area (Å²) in [6, 6.07) is 5.22. The molecule has 8 nitrogen and oxygen atoms in total. The lowest BCUT2D eigenvalue weighted by Gasteiger charge is -2.11. The summed E-state index contributed by atoms with van der Waals surface area (Å²) in [6.45, 7) is 2.79. The third-order valence-corrected chi connectivity index (χ3v) is 3.79.